The third kappa shape index (κ3) is 3.54. The fourth-order valence-corrected chi connectivity index (χ4v) is 2.17. The van der Waals surface area contributed by atoms with E-state index in [1.807, 2.05) is 31.2 Å². The number of aryl methyl sites for hydroxylation is 2. The van der Waals surface area contributed by atoms with Gasteiger partial charge in [0.2, 0.25) is 0 Å². The van der Waals surface area contributed by atoms with E-state index in [4.69, 9.17) is 15.7 Å². The smallest absolute Gasteiger partial charge is 0.173 e. The Morgan fingerprint density at radius 3 is 2.52 bits per heavy atom. The van der Waals surface area contributed by atoms with E-state index in [2.05, 4.69) is 24.2 Å². The molecule has 0 amide bonds. The molecule has 3 N–H and O–H groups in total. The highest BCUT2D eigenvalue weighted by atomic mass is 16.5. The maximum Gasteiger partial charge on any atom is 0.173 e. The van der Waals surface area contributed by atoms with Crippen molar-refractivity contribution in [2.45, 2.75) is 26.7 Å². The van der Waals surface area contributed by atoms with Crippen LogP contribution in [0.1, 0.15) is 30.0 Å². The van der Waals surface area contributed by atoms with Crippen LogP contribution in [0.25, 0.3) is 0 Å². The molecule has 0 aliphatic heterocycles. The minimum absolute atomic E-state index is 0.0382. The highest BCUT2D eigenvalue weighted by Gasteiger charge is 2.12. The van der Waals surface area contributed by atoms with Gasteiger partial charge in [-0.05, 0) is 42.7 Å². The molecule has 0 radical (unpaired) electrons. The van der Waals surface area contributed by atoms with Gasteiger partial charge in [-0.3, -0.25) is 0 Å². The van der Waals surface area contributed by atoms with Crippen LogP contribution in [0.3, 0.4) is 0 Å². The van der Waals surface area contributed by atoms with Gasteiger partial charge in [0.25, 0.3) is 0 Å². The molecule has 2 aromatic rings. The molecule has 0 heterocycles. The molecular formula is C17H20N2O2. The standard InChI is InChI=1S/C17H20N2O2/c1-3-5-13-8-10-14(11-9-13)21-16-12(2)6-4-7-15(16)17(18)19-20/h4,6-11,20H,3,5H2,1-2H3,(H2,18,19). The van der Waals surface area contributed by atoms with Gasteiger partial charge >= 0.3 is 0 Å². The summed E-state index contributed by atoms with van der Waals surface area (Å²) in [6.07, 6.45) is 2.17. The van der Waals surface area contributed by atoms with Gasteiger partial charge in [-0.25, -0.2) is 0 Å². The summed E-state index contributed by atoms with van der Waals surface area (Å²) in [5.41, 5.74) is 8.49. The fraction of sp³-hybridized carbons (Fsp3) is 0.235. The van der Waals surface area contributed by atoms with E-state index in [-0.39, 0.29) is 5.84 Å². The number of para-hydroxylation sites is 1. The lowest BCUT2D eigenvalue weighted by Crippen LogP contribution is -2.14. The molecule has 0 saturated carbocycles. The minimum Gasteiger partial charge on any atom is -0.456 e. The second-order valence-electron chi connectivity index (χ2n) is 4.93. The number of hydrogen-bond acceptors (Lipinski definition) is 3. The van der Waals surface area contributed by atoms with Crippen molar-refractivity contribution in [3.8, 4) is 11.5 Å². The first kappa shape index (κ1) is 14.9. The van der Waals surface area contributed by atoms with Crippen molar-refractivity contribution in [1.29, 1.82) is 0 Å². The normalized spacial score (nSPS) is 11.4. The van der Waals surface area contributed by atoms with Gasteiger partial charge in [-0.2, -0.15) is 0 Å². The second-order valence-corrected chi connectivity index (χ2v) is 4.93. The van der Waals surface area contributed by atoms with E-state index in [0.29, 0.717) is 11.3 Å². The van der Waals surface area contributed by atoms with Crippen molar-refractivity contribution in [3.63, 3.8) is 0 Å². The number of rotatable bonds is 5. The number of nitrogens with two attached hydrogens (primary N) is 1. The van der Waals surface area contributed by atoms with Crippen molar-refractivity contribution in [3.05, 3.63) is 59.2 Å². The van der Waals surface area contributed by atoms with Crippen LogP contribution in [-0.4, -0.2) is 11.0 Å². The summed E-state index contributed by atoms with van der Waals surface area (Å²) in [4.78, 5) is 0. The quantitative estimate of drug-likeness (QED) is 0.379. The fourth-order valence-electron chi connectivity index (χ4n) is 2.17. The third-order valence-electron chi connectivity index (χ3n) is 3.28. The topological polar surface area (TPSA) is 67.8 Å². The summed E-state index contributed by atoms with van der Waals surface area (Å²) in [7, 11) is 0. The van der Waals surface area contributed by atoms with Gasteiger partial charge in [0.15, 0.2) is 5.84 Å². The van der Waals surface area contributed by atoms with Crippen LogP contribution in [0.2, 0.25) is 0 Å². The summed E-state index contributed by atoms with van der Waals surface area (Å²) in [5, 5.41) is 11.9. The van der Waals surface area contributed by atoms with E-state index in [1.54, 1.807) is 6.07 Å². The van der Waals surface area contributed by atoms with E-state index >= 15 is 0 Å². The minimum atomic E-state index is 0.0382. The molecule has 0 fully saturated rings. The van der Waals surface area contributed by atoms with E-state index in [0.717, 1.165) is 24.2 Å². The van der Waals surface area contributed by atoms with E-state index in [1.165, 1.54) is 5.56 Å². The molecule has 0 aliphatic carbocycles. The van der Waals surface area contributed by atoms with Crippen molar-refractivity contribution in [2.75, 3.05) is 0 Å². The molecule has 110 valence electrons. The molecule has 4 heteroatoms. The number of nitrogens with zero attached hydrogens (tertiary/aromatic N) is 1. The zero-order chi connectivity index (χ0) is 15.2. The number of amidine groups is 1. The lowest BCUT2D eigenvalue weighted by molar-refractivity contribution is 0.318. The highest BCUT2D eigenvalue weighted by Crippen LogP contribution is 2.29. The van der Waals surface area contributed by atoms with Gasteiger partial charge in [0.05, 0.1) is 5.56 Å². The summed E-state index contributed by atoms with van der Waals surface area (Å²) in [6.45, 7) is 4.08. The first-order valence-electron chi connectivity index (χ1n) is 7.00. The lowest BCUT2D eigenvalue weighted by atomic mass is 10.1. The molecule has 0 saturated heterocycles. The van der Waals surface area contributed by atoms with Gasteiger partial charge in [0.1, 0.15) is 11.5 Å². The van der Waals surface area contributed by atoms with Gasteiger partial charge in [0, 0.05) is 0 Å². The maximum atomic E-state index is 8.87. The van der Waals surface area contributed by atoms with Crippen molar-refractivity contribution in [1.82, 2.24) is 0 Å². The molecule has 4 nitrogen and oxygen atoms in total. The summed E-state index contributed by atoms with van der Waals surface area (Å²) >= 11 is 0. The maximum absolute atomic E-state index is 8.87. The largest absolute Gasteiger partial charge is 0.456 e. The van der Waals surface area contributed by atoms with Crippen LogP contribution in [0.15, 0.2) is 47.6 Å². The Hall–Kier alpha value is -2.49. The molecule has 0 aliphatic rings. The molecule has 0 aromatic heterocycles. The van der Waals surface area contributed by atoms with Crippen LogP contribution in [0, 0.1) is 6.92 Å². The number of oxime groups is 1. The molecule has 0 spiro atoms. The van der Waals surface area contributed by atoms with Gasteiger partial charge in [-0.1, -0.05) is 42.8 Å². The zero-order valence-electron chi connectivity index (χ0n) is 12.3. The Bertz CT molecular complexity index is 634. The Morgan fingerprint density at radius 1 is 1.19 bits per heavy atom. The Morgan fingerprint density at radius 2 is 1.90 bits per heavy atom. The van der Waals surface area contributed by atoms with Crippen molar-refractivity contribution >= 4 is 5.84 Å². The highest BCUT2D eigenvalue weighted by molar-refractivity contribution is 6.00. The molecule has 2 aromatic carbocycles. The Labute approximate surface area is 124 Å². The van der Waals surface area contributed by atoms with E-state index in [9.17, 15) is 0 Å². The van der Waals surface area contributed by atoms with Crippen molar-refractivity contribution < 1.29 is 9.94 Å². The number of hydrogen-bond donors (Lipinski definition) is 2. The first-order valence-corrected chi connectivity index (χ1v) is 7.00. The predicted octanol–water partition coefficient (Wildman–Crippen LogP) is 3.83. The van der Waals surface area contributed by atoms with E-state index < -0.39 is 0 Å². The summed E-state index contributed by atoms with van der Waals surface area (Å²) in [6, 6.07) is 13.5. The average Bonchev–Trinajstić information content (AvgIpc) is 2.50. The van der Waals surface area contributed by atoms with Crippen LogP contribution < -0.4 is 10.5 Å². The van der Waals surface area contributed by atoms with Crippen LogP contribution in [-0.2, 0) is 6.42 Å². The molecule has 0 bridgehead atoms. The monoisotopic (exact) mass is 284 g/mol. The molecule has 0 unspecified atom stereocenters. The number of benzene rings is 2. The molecule has 0 atom stereocenters. The summed E-state index contributed by atoms with van der Waals surface area (Å²) < 4.78 is 5.92. The molecular weight excluding hydrogens is 264 g/mol. The van der Waals surface area contributed by atoms with Crippen LogP contribution in [0.4, 0.5) is 0 Å². The number of ether oxygens (including phenoxy) is 1. The summed E-state index contributed by atoms with van der Waals surface area (Å²) in [5.74, 6) is 1.38. The molecule has 2 rings (SSSR count). The zero-order valence-corrected chi connectivity index (χ0v) is 12.3. The molecule has 21 heavy (non-hydrogen) atoms. The average molecular weight is 284 g/mol. The third-order valence-corrected chi connectivity index (χ3v) is 3.28. The second kappa shape index (κ2) is 6.79. The lowest BCUT2D eigenvalue weighted by Gasteiger charge is -2.13. The predicted molar refractivity (Wildman–Crippen MR) is 84.2 cm³/mol. The van der Waals surface area contributed by atoms with Gasteiger partial charge in [-0.15, -0.1) is 0 Å². The SMILES string of the molecule is CCCc1ccc(Oc2c(C)cccc2/C(N)=N/O)cc1. The van der Waals surface area contributed by atoms with Crippen molar-refractivity contribution in [2.24, 2.45) is 10.9 Å². The van der Waals surface area contributed by atoms with Crippen LogP contribution >= 0.6 is 0 Å². The Balaban J connectivity index is 2.30. The Kier molecular flexibility index (Phi) is 4.82. The van der Waals surface area contributed by atoms with Gasteiger partial charge < -0.3 is 15.7 Å². The first-order chi connectivity index (χ1) is 10.2. The van der Waals surface area contributed by atoms with Crippen LogP contribution in [0.5, 0.6) is 11.5 Å².